The Morgan fingerprint density at radius 3 is 2.65 bits per heavy atom. The van der Waals surface area contributed by atoms with Gasteiger partial charge in [-0.05, 0) is 58.4 Å². The summed E-state index contributed by atoms with van der Waals surface area (Å²) in [4.78, 5) is 19.6. The molecule has 2 aliphatic rings. The van der Waals surface area contributed by atoms with E-state index in [2.05, 4.69) is 35.6 Å². The van der Waals surface area contributed by atoms with Crippen LogP contribution in [0.2, 0.25) is 25.7 Å². The summed E-state index contributed by atoms with van der Waals surface area (Å²) in [7, 11) is -1.31. The highest BCUT2D eigenvalue weighted by Gasteiger charge is 2.67. The summed E-state index contributed by atoms with van der Waals surface area (Å²) in [5.74, 6) is -0.425. The second kappa shape index (κ2) is 9.84. The lowest BCUT2D eigenvalue weighted by molar-refractivity contribution is 0.0110. The number of aliphatic hydroxyl groups excluding tert-OH is 1. The molecular formula is C24H36BrFN2O4SSi. The van der Waals surface area contributed by atoms with Gasteiger partial charge in [0.15, 0.2) is 5.17 Å². The Bertz CT molecular complexity index is 967. The zero-order valence-electron chi connectivity index (χ0n) is 21.1. The SMILES string of the molecule is CC(C)(C)OC(=O)N(COCC[Si](C)(C)C)C1=N[C@](C)(c2cc(Br)ccc2F)C2C[C@]2(CO)S1. The number of nitrogens with zero attached hydrogens (tertiary/aromatic N) is 2. The Morgan fingerprint density at radius 2 is 2.06 bits per heavy atom. The molecule has 1 fully saturated rings. The molecule has 0 bridgehead atoms. The van der Waals surface area contributed by atoms with E-state index in [4.69, 9.17) is 14.5 Å². The van der Waals surface area contributed by atoms with Crippen LogP contribution in [0, 0.1) is 11.7 Å². The number of aliphatic hydroxyl groups is 1. The first-order valence-electron chi connectivity index (χ1n) is 11.5. The maximum absolute atomic E-state index is 15.0. The van der Waals surface area contributed by atoms with Gasteiger partial charge < -0.3 is 14.6 Å². The molecule has 1 aromatic rings. The average Bonchev–Trinajstić information content (AvgIpc) is 3.44. The van der Waals surface area contributed by atoms with Crippen LogP contribution < -0.4 is 0 Å². The summed E-state index contributed by atoms with van der Waals surface area (Å²) < 4.78 is 26.8. The van der Waals surface area contributed by atoms with E-state index < -0.39 is 30.1 Å². The number of halogens is 2. The summed E-state index contributed by atoms with van der Waals surface area (Å²) in [6.07, 6.45) is 0.0958. The summed E-state index contributed by atoms with van der Waals surface area (Å²) in [5, 5.41) is 10.7. The lowest BCUT2D eigenvalue weighted by Crippen LogP contribution is -2.46. The van der Waals surface area contributed by atoms with Crippen molar-refractivity contribution in [1.82, 2.24) is 4.90 Å². The van der Waals surface area contributed by atoms with E-state index in [-0.39, 0.29) is 25.1 Å². The lowest BCUT2D eigenvalue weighted by Gasteiger charge is -2.37. The third-order valence-corrected chi connectivity index (χ3v) is 9.81. The van der Waals surface area contributed by atoms with E-state index in [1.165, 1.54) is 22.7 Å². The second-order valence-electron chi connectivity index (χ2n) is 11.5. The van der Waals surface area contributed by atoms with Crippen LogP contribution in [-0.4, -0.2) is 59.6 Å². The van der Waals surface area contributed by atoms with Crippen molar-refractivity contribution in [3.8, 4) is 0 Å². The quantitative estimate of drug-likeness (QED) is 0.238. The number of rotatable bonds is 7. The zero-order valence-corrected chi connectivity index (χ0v) is 24.5. The van der Waals surface area contributed by atoms with Crippen LogP contribution in [0.25, 0.3) is 0 Å². The Morgan fingerprint density at radius 1 is 1.38 bits per heavy atom. The maximum Gasteiger partial charge on any atom is 0.418 e. The molecule has 0 radical (unpaired) electrons. The van der Waals surface area contributed by atoms with Gasteiger partial charge in [-0.15, -0.1) is 0 Å². The number of hydrogen-bond acceptors (Lipinski definition) is 6. The Balaban J connectivity index is 1.98. The fourth-order valence-electron chi connectivity index (χ4n) is 4.08. The zero-order chi connectivity index (χ0) is 25.5. The Kier molecular flexibility index (Phi) is 8.00. The summed E-state index contributed by atoms with van der Waals surface area (Å²) in [5.41, 5.74) is -1.22. The van der Waals surface area contributed by atoms with Crippen molar-refractivity contribution in [1.29, 1.82) is 0 Å². The number of thioether (sulfide) groups is 1. The van der Waals surface area contributed by atoms with Crippen LogP contribution in [0.5, 0.6) is 0 Å². The van der Waals surface area contributed by atoms with Crippen molar-refractivity contribution < 1.29 is 23.8 Å². The molecule has 1 heterocycles. The number of amidine groups is 1. The Labute approximate surface area is 215 Å². The van der Waals surface area contributed by atoms with Gasteiger partial charge in [-0.1, -0.05) is 47.3 Å². The van der Waals surface area contributed by atoms with E-state index in [9.17, 15) is 9.90 Å². The molecule has 0 spiro atoms. The number of ether oxygens (including phenoxy) is 2. The van der Waals surface area contributed by atoms with Crippen LogP contribution >= 0.6 is 27.7 Å². The van der Waals surface area contributed by atoms with Crippen molar-refractivity contribution in [3.63, 3.8) is 0 Å². The number of hydrogen-bond donors (Lipinski definition) is 1. The summed E-state index contributed by atoms with van der Waals surface area (Å²) in [6, 6.07) is 5.75. The predicted molar refractivity (Wildman–Crippen MR) is 141 cm³/mol. The fourth-order valence-corrected chi connectivity index (χ4v) is 6.72. The van der Waals surface area contributed by atoms with Gasteiger partial charge in [0.05, 0.1) is 16.9 Å². The van der Waals surface area contributed by atoms with Gasteiger partial charge >= 0.3 is 6.09 Å². The first-order chi connectivity index (χ1) is 15.6. The molecule has 0 saturated heterocycles. The number of carbonyl (C=O) groups excluding carboxylic acids is 1. The van der Waals surface area contributed by atoms with Crippen molar-refractivity contribution in [2.24, 2.45) is 10.9 Å². The van der Waals surface area contributed by atoms with Gasteiger partial charge in [0.25, 0.3) is 0 Å². The highest BCUT2D eigenvalue weighted by atomic mass is 79.9. The highest BCUT2D eigenvalue weighted by molar-refractivity contribution is 9.10. The standard InChI is InChI=1S/C24H36BrFN2O4SSi/c1-22(2,3)32-21(30)28(15-31-10-11-34(5,6)7)20-27-23(4,19-13-24(19,14-29)33-20)17-12-16(25)8-9-18(17)26/h8-9,12,19,29H,10-11,13-15H2,1-7H3/t19?,23-,24-/m1/s1. The molecule has 1 aromatic carbocycles. The number of aliphatic imine (C=N–C) groups is 1. The van der Waals surface area contributed by atoms with Crippen LogP contribution in [-0.2, 0) is 15.0 Å². The molecule has 190 valence electrons. The minimum absolute atomic E-state index is 0.0194. The molecule has 1 unspecified atom stereocenters. The molecule has 1 N–H and O–H groups in total. The fraction of sp³-hybridized carbons (Fsp3) is 0.667. The van der Waals surface area contributed by atoms with Crippen LogP contribution in [0.1, 0.15) is 39.7 Å². The molecule has 34 heavy (non-hydrogen) atoms. The molecule has 3 atom stereocenters. The van der Waals surface area contributed by atoms with Gasteiger partial charge in [-0.3, -0.25) is 4.99 Å². The van der Waals surface area contributed by atoms with Crippen LogP contribution in [0.3, 0.4) is 0 Å². The topological polar surface area (TPSA) is 71.4 Å². The summed E-state index contributed by atoms with van der Waals surface area (Å²) in [6.45, 7) is 14.5. The number of benzene rings is 1. The first-order valence-corrected chi connectivity index (χ1v) is 16.9. The van der Waals surface area contributed by atoms with E-state index >= 15 is 4.39 Å². The molecule has 6 nitrogen and oxygen atoms in total. The smallest absolute Gasteiger partial charge is 0.418 e. The first kappa shape index (κ1) is 27.6. The minimum atomic E-state index is -1.31. The van der Waals surface area contributed by atoms with Crippen molar-refractivity contribution in [2.75, 3.05) is 19.9 Å². The van der Waals surface area contributed by atoms with Gasteiger partial charge in [0, 0.05) is 30.6 Å². The molecule has 1 amide bonds. The number of fused-ring (bicyclic) bond motifs is 1. The third kappa shape index (κ3) is 6.24. The number of carbonyl (C=O) groups is 1. The maximum atomic E-state index is 15.0. The van der Waals surface area contributed by atoms with E-state index in [1.807, 2.05) is 6.92 Å². The molecule has 1 saturated carbocycles. The van der Waals surface area contributed by atoms with Crippen molar-refractivity contribution in [2.45, 2.75) is 75.7 Å². The molecular weight excluding hydrogens is 539 g/mol. The minimum Gasteiger partial charge on any atom is -0.443 e. The molecule has 10 heteroatoms. The van der Waals surface area contributed by atoms with E-state index in [0.717, 1.165) is 10.5 Å². The molecule has 0 aromatic heterocycles. The van der Waals surface area contributed by atoms with Gasteiger partial charge in [-0.2, -0.15) is 0 Å². The normalized spacial score (nSPS) is 26.5. The van der Waals surface area contributed by atoms with Gasteiger partial charge in [0.2, 0.25) is 0 Å². The summed E-state index contributed by atoms with van der Waals surface area (Å²) >= 11 is 4.80. The largest absolute Gasteiger partial charge is 0.443 e. The Hall–Kier alpha value is -0.943. The lowest BCUT2D eigenvalue weighted by atomic mass is 9.86. The van der Waals surface area contributed by atoms with Crippen molar-refractivity contribution >= 4 is 47.0 Å². The number of amides is 1. The predicted octanol–water partition coefficient (Wildman–Crippen LogP) is 6.21. The monoisotopic (exact) mass is 574 g/mol. The van der Waals surface area contributed by atoms with E-state index in [1.54, 1.807) is 32.9 Å². The highest BCUT2D eigenvalue weighted by Crippen LogP contribution is 2.66. The molecule has 3 rings (SSSR count). The average molecular weight is 576 g/mol. The van der Waals surface area contributed by atoms with Gasteiger partial charge in [0.1, 0.15) is 18.1 Å². The van der Waals surface area contributed by atoms with Gasteiger partial charge in [-0.25, -0.2) is 14.1 Å². The van der Waals surface area contributed by atoms with Crippen molar-refractivity contribution in [3.05, 3.63) is 34.1 Å². The second-order valence-corrected chi connectivity index (χ2v) is 19.4. The molecule has 1 aliphatic heterocycles. The third-order valence-electron chi connectivity index (χ3n) is 6.13. The van der Waals surface area contributed by atoms with Crippen LogP contribution in [0.15, 0.2) is 27.7 Å². The van der Waals surface area contributed by atoms with Crippen LogP contribution in [0.4, 0.5) is 9.18 Å². The molecule has 1 aliphatic carbocycles. The van der Waals surface area contributed by atoms with E-state index in [0.29, 0.717) is 23.8 Å².